The largest absolute Gasteiger partial charge is 0.495 e. The van der Waals surface area contributed by atoms with Crippen LogP contribution in [0, 0.1) is 5.92 Å². The molecule has 5 nitrogen and oxygen atoms in total. The van der Waals surface area contributed by atoms with E-state index in [0.717, 1.165) is 12.2 Å². The van der Waals surface area contributed by atoms with Crippen LogP contribution in [-0.4, -0.2) is 35.6 Å². The van der Waals surface area contributed by atoms with E-state index in [-0.39, 0.29) is 11.5 Å². The summed E-state index contributed by atoms with van der Waals surface area (Å²) in [6, 6.07) is 4.37. The molecule has 2 N–H and O–H groups in total. The Morgan fingerprint density at radius 3 is 2.67 bits per heavy atom. The number of hydrogen-bond donors (Lipinski definition) is 2. The van der Waals surface area contributed by atoms with Crippen LogP contribution in [0.1, 0.15) is 30.6 Å². The SMILES string of the molecule is COc1cc(C(=O)O)ccc1NC(=O)CSCCC(C)C. The average molecular weight is 311 g/mol. The first-order valence-electron chi connectivity index (χ1n) is 6.73. The first kappa shape index (κ1) is 17.4. The van der Waals surface area contributed by atoms with Gasteiger partial charge in [-0.05, 0) is 36.3 Å². The maximum atomic E-state index is 11.8. The minimum absolute atomic E-state index is 0.120. The number of ether oxygens (including phenoxy) is 1. The molecule has 0 aliphatic rings. The van der Waals surface area contributed by atoms with Crippen LogP contribution in [0.3, 0.4) is 0 Å². The molecule has 0 spiro atoms. The highest BCUT2D eigenvalue weighted by Crippen LogP contribution is 2.25. The number of rotatable bonds is 8. The molecule has 0 saturated heterocycles. The van der Waals surface area contributed by atoms with Gasteiger partial charge in [0.15, 0.2) is 0 Å². The lowest BCUT2D eigenvalue weighted by molar-refractivity contribution is -0.113. The summed E-state index contributed by atoms with van der Waals surface area (Å²) in [4.78, 5) is 22.7. The van der Waals surface area contributed by atoms with Gasteiger partial charge in [0.05, 0.1) is 24.1 Å². The number of carboxylic acid groups (broad SMARTS) is 1. The lowest BCUT2D eigenvalue weighted by Gasteiger charge is -2.11. The Hall–Kier alpha value is -1.69. The molecular weight excluding hydrogens is 290 g/mol. The minimum atomic E-state index is -1.03. The van der Waals surface area contributed by atoms with Crippen LogP contribution in [0.15, 0.2) is 18.2 Å². The zero-order chi connectivity index (χ0) is 15.8. The maximum Gasteiger partial charge on any atom is 0.335 e. The first-order chi connectivity index (χ1) is 9.93. The number of anilines is 1. The standard InChI is InChI=1S/C15H21NO4S/c1-10(2)6-7-21-9-14(17)16-12-5-4-11(15(18)19)8-13(12)20-3/h4-5,8,10H,6-7,9H2,1-3H3,(H,16,17)(H,18,19). The summed E-state index contributed by atoms with van der Waals surface area (Å²) >= 11 is 1.58. The number of nitrogens with one attached hydrogen (secondary N) is 1. The number of carbonyl (C=O) groups excluding carboxylic acids is 1. The van der Waals surface area contributed by atoms with Crippen LogP contribution in [-0.2, 0) is 4.79 Å². The molecule has 1 aromatic rings. The van der Waals surface area contributed by atoms with Crippen molar-refractivity contribution in [3.8, 4) is 5.75 Å². The van der Waals surface area contributed by atoms with Crippen molar-refractivity contribution < 1.29 is 19.4 Å². The van der Waals surface area contributed by atoms with Gasteiger partial charge in [-0.3, -0.25) is 4.79 Å². The summed E-state index contributed by atoms with van der Waals surface area (Å²) in [5.74, 6) is 1.14. The Labute approximate surface area is 129 Å². The minimum Gasteiger partial charge on any atom is -0.495 e. The number of amides is 1. The quantitative estimate of drug-likeness (QED) is 0.721. The second kappa shape index (κ2) is 8.56. The number of thioether (sulfide) groups is 1. The molecule has 0 fully saturated rings. The maximum absolute atomic E-state index is 11.8. The molecule has 0 radical (unpaired) electrons. The van der Waals surface area contributed by atoms with Crippen molar-refractivity contribution in [3.05, 3.63) is 23.8 Å². The fraction of sp³-hybridized carbons (Fsp3) is 0.467. The number of aromatic carboxylic acids is 1. The van der Waals surface area contributed by atoms with Crippen molar-refractivity contribution in [2.24, 2.45) is 5.92 Å². The van der Waals surface area contributed by atoms with Gasteiger partial charge in [-0.2, -0.15) is 11.8 Å². The van der Waals surface area contributed by atoms with Crippen LogP contribution in [0.25, 0.3) is 0 Å². The molecule has 1 amide bonds. The topological polar surface area (TPSA) is 75.6 Å². The Kier molecular flexibility index (Phi) is 7.08. The molecule has 21 heavy (non-hydrogen) atoms. The molecule has 0 saturated carbocycles. The normalized spacial score (nSPS) is 10.5. The summed E-state index contributed by atoms with van der Waals surface area (Å²) in [7, 11) is 1.44. The second-order valence-electron chi connectivity index (χ2n) is 5.00. The Morgan fingerprint density at radius 2 is 2.10 bits per heavy atom. The van der Waals surface area contributed by atoms with Crippen molar-refractivity contribution in [2.75, 3.05) is 23.9 Å². The van der Waals surface area contributed by atoms with Gasteiger partial charge in [-0.25, -0.2) is 4.79 Å². The Morgan fingerprint density at radius 1 is 1.38 bits per heavy atom. The third kappa shape index (κ3) is 6.08. The van der Waals surface area contributed by atoms with E-state index in [0.29, 0.717) is 23.1 Å². The molecule has 1 aromatic carbocycles. The fourth-order valence-corrected chi connectivity index (χ4v) is 2.64. The fourth-order valence-electron chi connectivity index (χ4n) is 1.60. The van der Waals surface area contributed by atoms with E-state index in [1.807, 2.05) is 0 Å². The van der Waals surface area contributed by atoms with E-state index in [2.05, 4.69) is 19.2 Å². The molecule has 0 heterocycles. The molecule has 0 aliphatic carbocycles. The summed E-state index contributed by atoms with van der Waals surface area (Å²) in [6.45, 7) is 4.30. The van der Waals surface area contributed by atoms with Gasteiger partial charge in [0.2, 0.25) is 5.91 Å². The lowest BCUT2D eigenvalue weighted by atomic mass is 10.2. The number of carbonyl (C=O) groups is 2. The van der Waals surface area contributed by atoms with Crippen molar-refractivity contribution in [3.63, 3.8) is 0 Å². The third-order valence-corrected chi connectivity index (χ3v) is 3.79. The van der Waals surface area contributed by atoms with E-state index in [1.165, 1.54) is 19.2 Å². The van der Waals surface area contributed by atoms with Gasteiger partial charge in [0, 0.05) is 0 Å². The van der Waals surface area contributed by atoms with E-state index < -0.39 is 5.97 Å². The van der Waals surface area contributed by atoms with E-state index in [4.69, 9.17) is 9.84 Å². The highest BCUT2D eigenvalue weighted by Gasteiger charge is 2.11. The predicted octanol–water partition coefficient (Wildman–Crippen LogP) is 3.11. The second-order valence-corrected chi connectivity index (χ2v) is 6.11. The highest BCUT2D eigenvalue weighted by atomic mass is 32.2. The van der Waals surface area contributed by atoms with Gasteiger partial charge >= 0.3 is 5.97 Å². The zero-order valence-corrected chi connectivity index (χ0v) is 13.3. The van der Waals surface area contributed by atoms with Crippen LogP contribution >= 0.6 is 11.8 Å². The molecule has 0 bridgehead atoms. The van der Waals surface area contributed by atoms with E-state index in [9.17, 15) is 9.59 Å². The Balaban J connectivity index is 2.57. The molecule has 0 atom stereocenters. The van der Waals surface area contributed by atoms with Gasteiger partial charge in [0.25, 0.3) is 0 Å². The number of methoxy groups -OCH3 is 1. The highest BCUT2D eigenvalue weighted by molar-refractivity contribution is 7.99. The van der Waals surface area contributed by atoms with Crippen molar-refractivity contribution >= 4 is 29.3 Å². The molecule has 0 aliphatic heterocycles. The summed E-state index contributed by atoms with van der Waals surface area (Å²) in [5, 5.41) is 11.7. The lowest BCUT2D eigenvalue weighted by Crippen LogP contribution is -2.15. The first-order valence-corrected chi connectivity index (χ1v) is 7.88. The van der Waals surface area contributed by atoms with Gasteiger partial charge in [-0.15, -0.1) is 0 Å². The van der Waals surface area contributed by atoms with E-state index >= 15 is 0 Å². The van der Waals surface area contributed by atoms with Crippen LogP contribution in [0.2, 0.25) is 0 Å². The predicted molar refractivity (Wildman–Crippen MR) is 85.4 cm³/mol. The molecular formula is C15H21NO4S. The molecule has 1 rings (SSSR count). The molecule has 6 heteroatoms. The number of benzene rings is 1. The van der Waals surface area contributed by atoms with Crippen LogP contribution < -0.4 is 10.1 Å². The number of hydrogen-bond acceptors (Lipinski definition) is 4. The molecule has 116 valence electrons. The monoisotopic (exact) mass is 311 g/mol. The number of carboxylic acids is 1. The van der Waals surface area contributed by atoms with Crippen LogP contribution in [0.5, 0.6) is 5.75 Å². The van der Waals surface area contributed by atoms with Gasteiger partial charge in [-0.1, -0.05) is 13.8 Å². The molecule has 0 unspecified atom stereocenters. The van der Waals surface area contributed by atoms with Crippen molar-refractivity contribution in [2.45, 2.75) is 20.3 Å². The Bertz CT molecular complexity index is 502. The summed E-state index contributed by atoms with van der Waals surface area (Å²) < 4.78 is 5.11. The van der Waals surface area contributed by atoms with Crippen LogP contribution in [0.4, 0.5) is 5.69 Å². The van der Waals surface area contributed by atoms with Gasteiger partial charge < -0.3 is 15.2 Å². The van der Waals surface area contributed by atoms with Crippen molar-refractivity contribution in [1.29, 1.82) is 0 Å². The molecule has 0 aromatic heterocycles. The third-order valence-electron chi connectivity index (χ3n) is 2.80. The zero-order valence-electron chi connectivity index (χ0n) is 12.5. The van der Waals surface area contributed by atoms with Crippen molar-refractivity contribution in [1.82, 2.24) is 0 Å². The average Bonchev–Trinajstić information content (AvgIpc) is 2.43. The summed E-state index contributed by atoms with van der Waals surface area (Å²) in [5.41, 5.74) is 0.605. The van der Waals surface area contributed by atoms with Gasteiger partial charge in [0.1, 0.15) is 5.75 Å². The summed E-state index contributed by atoms with van der Waals surface area (Å²) in [6.07, 6.45) is 1.08. The smallest absolute Gasteiger partial charge is 0.335 e. The van der Waals surface area contributed by atoms with E-state index in [1.54, 1.807) is 17.8 Å².